The molecule has 1 aliphatic carbocycles. The Morgan fingerprint density at radius 3 is 2.76 bits per heavy atom. The van der Waals surface area contributed by atoms with Crippen LogP contribution in [0.15, 0.2) is 18.2 Å². The van der Waals surface area contributed by atoms with Crippen LogP contribution in [0.1, 0.15) is 19.3 Å². The zero-order chi connectivity index (χ0) is 12.1. The summed E-state index contributed by atoms with van der Waals surface area (Å²) in [7, 11) is 1.61. The van der Waals surface area contributed by atoms with E-state index in [1.54, 1.807) is 7.11 Å². The molecule has 1 saturated carbocycles. The Bertz CT molecular complexity index is 364. The normalized spacial score (nSPS) is 15.2. The fourth-order valence-corrected chi connectivity index (χ4v) is 1.82. The van der Waals surface area contributed by atoms with Crippen molar-refractivity contribution in [1.29, 1.82) is 0 Å². The van der Waals surface area contributed by atoms with E-state index in [1.165, 1.54) is 19.3 Å². The number of methoxy groups -OCH3 is 1. The molecule has 0 spiro atoms. The maximum atomic E-state index is 8.77. The fraction of sp³-hybridized carbons (Fsp3) is 0.538. The molecule has 1 aromatic carbocycles. The van der Waals surface area contributed by atoms with Gasteiger partial charge < -0.3 is 19.9 Å². The van der Waals surface area contributed by atoms with Gasteiger partial charge in [-0.15, -0.1) is 0 Å². The molecule has 0 saturated heterocycles. The number of hydrogen-bond acceptors (Lipinski definition) is 4. The van der Waals surface area contributed by atoms with Crippen molar-refractivity contribution < 1.29 is 14.6 Å². The van der Waals surface area contributed by atoms with Crippen LogP contribution >= 0.6 is 0 Å². The van der Waals surface area contributed by atoms with E-state index in [4.69, 9.17) is 14.6 Å². The van der Waals surface area contributed by atoms with Crippen LogP contribution in [-0.4, -0.2) is 31.5 Å². The Labute approximate surface area is 102 Å². The van der Waals surface area contributed by atoms with Crippen molar-refractivity contribution in [3.05, 3.63) is 18.2 Å². The van der Waals surface area contributed by atoms with Crippen LogP contribution < -0.4 is 14.8 Å². The van der Waals surface area contributed by atoms with E-state index in [9.17, 15) is 0 Å². The number of hydrogen-bond donors (Lipinski definition) is 2. The first kappa shape index (κ1) is 12.0. The van der Waals surface area contributed by atoms with Crippen LogP contribution in [0.25, 0.3) is 0 Å². The molecule has 0 unspecified atom stereocenters. The first-order chi connectivity index (χ1) is 8.33. The van der Waals surface area contributed by atoms with Gasteiger partial charge in [-0.05, 0) is 31.4 Å². The molecule has 1 aliphatic rings. The summed E-state index contributed by atoms with van der Waals surface area (Å²) >= 11 is 0. The van der Waals surface area contributed by atoms with Crippen LogP contribution in [-0.2, 0) is 0 Å². The van der Waals surface area contributed by atoms with Gasteiger partial charge in [-0.3, -0.25) is 0 Å². The Morgan fingerprint density at radius 1 is 1.35 bits per heavy atom. The summed E-state index contributed by atoms with van der Waals surface area (Å²) < 4.78 is 10.6. The van der Waals surface area contributed by atoms with Gasteiger partial charge in [0.15, 0.2) is 11.5 Å². The molecule has 1 fully saturated rings. The lowest BCUT2D eigenvalue weighted by molar-refractivity contribution is 0.196. The van der Waals surface area contributed by atoms with Crippen molar-refractivity contribution >= 4 is 5.69 Å². The molecule has 0 aliphatic heterocycles. The van der Waals surface area contributed by atoms with Gasteiger partial charge in [-0.2, -0.15) is 0 Å². The largest absolute Gasteiger partial charge is 0.493 e. The topological polar surface area (TPSA) is 50.7 Å². The second kappa shape index (κ2) is 5.77. The van der Waals surface area contributed by atoms with Crippen LogP contribution in [0.4, 0.5) is 5.69 Å². The number of aliphatic hydroxyl groups excluding tert-OH is 1. The first-order valence-electron chi connectivity index (χ1n) is 6.01. The summed E-state index contributed by atoms with van der Waals surface area (Å²) in [6.45, 7) is 0.284. The molecule has 94 valence electrons. The fourth-order valence-electron chi connectivity index (χ4n) is 1.82. The van der Waals surface area contributed by atoms with E-state index in [1.807, 2.05) is 18.2 Å². The van der Waals surface area contributed by atoms with Crippen LogP contribution in [0, 0.1) is 0 Å². The zero-order valence-corrected chi connectivity index (χ0v) is 10.1. The second-order valence-corrected chi connectivity index (χ2v) is 4.21. The zero-order valence-electron chi connectivity index (χ0n) is 10.1. The Kier molecular flexibility index (Phi) is 4.09. The van der Waals surface area contributed by atoms with E-state index >= 15 is 0 Å². The van der Waals surface area contributed by atoms with E-state index in [2.05, 4.69) is 5.32 Å². The molecule has 0 amide bonds. The molecule has 0 bridgehead atoms. The molecular weight excluding hydrogens is 218 g/mol. The number of ether oxygens (including phenoxy) is 2. The number of benzene rings is 1. The van der Waals surface area contributed by atoms with E-state index < -0.39 is 0 Å². The molecule has 0 atom stereocenters. The average molecular weight is 237 g/mol. The summed E-state index contributed by atoms with van der Waals surface area (Å²) in [4.78, 5) is 0. The minimum atomic E-state index is 0.00341. The lowest BCUT2D eigenvalue weighted by Crippen LogP contribution is -2.26. The Morgan fingerprint density at radius 2 is 2.18 bits per heavy atom. The number of anilines is 1. The quantitative estimate of drug-likeness (QED) is 0.795. The number of rotatable bonds is 6. The molecular formula is C13H19NO3. The molecule has 4 nitrogen and oxygen atoms in total. The number of aliphatic hydroxyl groups is 1. The lowest BCUT2D eigenvalue weighted by Gasteiger charge is -2.27. The maximum Gasteiger partial charge on any atom is 0.163 e. The van der Waals surface area contributed by atoms with Gasteiger partial charge in [-0.1, -0.05) is 0 Å². The maximum absolute atomic E-state index is 8.77. The highest BCUT2D eigenvalue weighted by molar-refractivity contribution is 5.55. The van der Waals surface area contributed by atoms with Crippen LogP contribution in [0.5, 0.6) is 11.5 Å². The van der Waals surface area contributed by atoms with Crippen molar-refractivity contribution in [3.63, 3.8) is 0 Å². The average Bonchev–Trinajstić information content (AvgIpc) is 2.31. The summed E-state index contributed by atoms with van der Waals surface area (Å²) in [5.41, 5.74) is 1.04. The highest BCUT2D eigenvalue weighted by Gasteiger charge is 2.17. The van der Waals surface area contributed by atoms with Gasteiger partial charge in [0, 0.05) is 17.8 Å². The SMILES string of the molecule is COc1ccc(NC2CCC2)cc1OCCO. The summed E-state index contributed by atoms with van der Waals surface area (Å²) in [6, 6.07) is 6.39. The van der Waals surface area contributed by atoms with Crippen molar-refractivity contribution in [2.45, 2.75) is 25.3 Å². The Hall–Kier alpha value is -1.42. The van der Waals surface area contributed by atoms with Crippen molar-refractivity contribution in [1.82, 2.24) is 0 Å². The molecule has 1 aromatic rings. The van der Waals surface area contributed by atoms with Crippen molar-refractivity contribution in [2.75, 3.05) is 25.6 Å². The smallest absolute Gasteiger partial charge is 0.163 e. The molecule has 0 heterocycles. The van der Waals surface area contributed by atoms with Gasteiger partial charge in [0.25, 0.3) is 0 Å². The van der Waals surface area contributed by atoms with E-state index in [0.29, 0.717) is 17.5 Å². The standard InChI is InChI=1S/C13H19NO3/c1-16-12-6-5-11(14-10-3-2-4-10)9-13(12)17-8-7-15/h5-6,9-10,14-15H,2-4,7-8H2,1H3. The van der Waals surface area contributed by atoms with Gasteiger partial charge in [0.05, 0.1) is 13.7 Å². The molecule has 17 heavy (non-hydrogen) atoms. The third kappa shape index (κ3) is 3.03. The van der Waals surface area contributed by atoms with Crippen LogP contribution in [0.3, 0.4) is 0 Å². The molecule has 2 N–H and O–H groups in total. The third-order valence-corrected chi connectivity index (χ3v) is 2.99. The summed E-state index contributed by atoms with van der Waals surface area (Å²) in [5, 5.41) is 12.2. The minimum Gasteiger partial charge on any atom is -0.493 e. The molecule has 4 heteroatoms. The monoisotopic (exact) mass is 237 g/mol. The molecule has 0 radical (unpaired) electrons. The number of nitrogens with one attached hydrogen (secondary N) is 1. The predicted octanol–water partition coefficient (Wildman–Crippen LogP) is 2.03. The van der Waals surface area contributed by atoms with Gasteiger partial charge >= 0.3 is 0 Å². The van der Waals surface area contributed by atoms with Gasteiger partial charge in [0.2, 0.25) is 0 Å². The first-order valence-corrected chi connectivity index (χ1v) is 6.01. The van der Waals surface area contributed by atoms with Crippen molar-refractivity contribution in [2.24, 2.45) is 0 Å². The summed E-state index contributed by atoms with van der Waals surface area (Å²) in [5.74, 6) is 1.36. The molecule has 0 aromatic heterocycles. The van der Waals surface area contributed by atoms with Crippen molar-refractivity contribution in [3.8, 4) is 11.5 Å². The van der Waals surface area contributed by atoms with Gasteiger partial charge in [0.1, 0.15) is 6.61 Å². The summed E-state index contributed by atoms with van der Waals surface area (Å²) in [6.07, 6.45) is 3.78. The highest BCUT2D eigenvalue weighted by Crippen LogP contribution is 2.32. The predicted molar refractivity (Wildman–Crippen MR) is 66.8 cm³/mol. The Balaban J connectivity index is 2.06. The molecule has 2 rings (SSSR count). The highest BCUT2D eigenvalue weighted by atomic mass is 16.5. The third-order valence-electron chi connectivity index (χ3n) is 2.99. The second-order valence-electron chi connectivity index (χ2n) is 4.21. The lowest BCUT2D eigenvalue weighted by atomic mass is 9.93. The van der Waals surface area contributed by atoms with Crippen LogP contribution in [0.2, 0.25) is 0 Å². The van der Waals surface area contributed by atoms with E-state index in [0.717, 1.165) is 5.69 Å². The minimum absolute atomic E-state index is 0.00341. The van der Waals surface area contributed by atoms with Gasteiger partial charge in [-0.25, -0.2) is 0 Å². The van der Waals surface area contributed by atoms with E-state index in [-0.39, 0.29) is 13.2 Å².